The fourth-order valence-corrected chi connectivity index (χ4v) is 2.10. The summed E-state index contributed by atoms with van der Waals surface area (Å²) in [6, 6.07) is 0. The monoisotopic (exact) mass is 146 g/mol. The van der Waals surface area contributed by atoms with Gasteiger partial charge in [0.25, 0.3) is 0 Å². The van der Waals surface area contributed by atoms with Gasteiger partial charge in [0.1, 0.15) is 5.44 Å². The fraction of sp³-hybridized carbons (Fsp3) is 1.00. The van der Waals surface area contributed by atoms with Crippen LogP contribution in [0.3, 0.4) is 0 Å². The molecule has 1 nitrogen and oxygen atoms in total. The van der Waals surface area contributed by atoms with Crippen molar-refractivity contribution in [2.45, 2.75) is 25.7 Å². The largest absolute Gasteiger partial charge is 0.367 e. The zero-order valence-electron chi connectivity index (χ0n) is 6.09. The highest BCUT2D eigenvalue weighted by Gasteiger charge is 2.16. The molecule has 0 aromatic carbocycles. The lowest BCUT2D eigenvalue weighted by Crippen LogP contribution is -2.04. The first-order valence-electron chi connectivity index (χ1n) is 3.52. The van der Waals surface area contributed by atoms with Crippen molar-refractivity contribution in [2.24, 2.45) is 5.92 Å². The first kappa shape index (κ1) is 7.42. The lowest BCUT2D eigenvalue weighted by Gasteiger charge is -2.09. The minimum Gasteiger partial charge on any atom is -0.367 e. The molecule has 0 N–H and O–H groups in total. The average molecular weight is 146 g/mol. The van der Waals surface area contributed by atoms with E-state index in [0.717, 1.165) is 12.5 Å². The van der Waals surface area contributed by atoms with E-state index in [1.54, 1.807) is 0 Å². The molecule has 1 fully saturated rings. The molecule has 0 saturated carbocycles. The van der Waals surface area contributed by atoms with Crippen LogP contribution in [0.15, 0.2) is 0 Å². The molecule has 54 valence electrons. The number of hydrogen-bond donors (Lipinski definition) is 0. The molecular weight excluding hydrogens is 132 g/mol. The molecule has 1 aliphatic heterocycles. The summed E-state index contributed by atoms with van der Waals surface area (Å²) in [6.07, 6.45) is 1.21. The first-order valence-corrected chi connectivity index (χ1v) is 4.57. The van der Waals surface area contributed by atoms with Crippen LogP contribution in [0, 0.1) is 5.92 Å². The predicted molar refractivity (Wildman–Crippen MR) is 41.7 cm³/mol. The third-order valence-corrected chi connectivity index (χ3v) is 2.46. The summed E-state index contributed by atoms with van der Waals surface area (Å²) >= 11 is 1.95. The second-order valence-corrected chi connectivity index (χ2v) is 4.07. The lowest BCUT2D eigenvalue weighted by atomic mass is 10.1. The van der Waals surface area contributed by atoms with Crippen LogP contribution in [0.5, 0.6) is 0 Å². The fourth-order valence-electron chi connectivity index (χ4n) is 0.928. The van der Waals surface area contributed by atoms with Gasteiger partial charge in [0.2, 0.25) is 0 Å². The van der Waals surface area contributed by atoms with Crippen molar-refractivity contribution >= 4 is 11.8 Å². The van der Waals surface area contributed by atoms with E-state index in [4.69, 9.17) is 4.74 Å². The second-order valence-electron chi connectivity index (χ2n) is 2.80. The van der Waals surface area contributed by atoms with Gasteiger partial charge in [-0.05, 0) is 12.3 Å². The number of thioether (sulfide) groups is 1. The molecule has 1 rings (SSSR count). The van der Waals surface area contributed by atoms with Crippen LogP contribution in [0.4, 0.5) is 0 Å². The summed E-state index contributed by atoms with van der Waals surface area (Å²) in [5.74, 6) is 1.97. The Morgan fingerprint density at radius 2 is 2.44 bits per heavy atom. The number of hydrogen-bond acceptors (Lipinski definition) is 2. The molecule has 1 unspecified atom stereocenters. The van der Waals surface area contributed by atoms with Gasteiger partial charge in [-0.25, -0.2) is 0 Å². The van der Waals surface area contributed by atoms with Gasteiger partial charge in [-0.15, -0.1) is 11.8 Å². The molecule has 2 heteroatoms. The highest BCUT2D eigenvalue weighted by molar-refractivity contribution is 7.99. The van der Waals surface area contributed by atoms with Crippen LogP contribution < -0.4 is 0 Å². The predicted octanol–water partition coefficient (Wildman–Crippen LogP) is 2.12. The molecule has 0 radical (unpaired) electrons. The Balaban J connectivity index is 2.11. The molecule has 1 saturated heterocycles. The third kappa shape index (κ3) is 2.59. The molecule has 1 heterocycles. The van der Waals surface area contributed by atoms with Crippen LogP contribution in [0.25, 0.3) is 0 Å². The van der Waals surface area contributed by atoms with Crippen molar-refractivity contribution in [1.82, 2.24) is 0 Å². The maximum Gasteiger partial charge on any atom is 0.103 e. The van der Waals surface area contributed by atoms with Crippen LogP contribution in [-0.4, -0.2) is 17.8 Å². The van der Waals surface area contributed by atoms with Crippen molar-refractivity contribution in [3.05, 3.63) is 0 Å². The smallest absolute Gasteiger partial charge is 0.103 e. The van der Waals surface area contributed by atoms with E-state index in [9.17, 15) is 0 Å². The van der Waals surface area contributed by atoms with Gasteiger partial charge in [-0.2, -0.15) is 0 Å². The molecule has 0 bridgehead atoms. The van der Waals surface area contributed by atoms with Gasteiger partial charge in [0, 0.05) is 5.75 Å². The minimum atomic E-state index is 0.505. The highest BCUT2D eigenvalue weighted by Crippen LogP contribution is 2.25. The molecule has 1 aliphatic rings. The van der Waals surface area contributed by atoms with E-state index in [1.165, 1.54) is 12.2 Å². The standard InChI is InChI=1S/C7H14OS/c1-6(2)5-7-8-3-4-9-7/h6-7H,3-5H2,1-2H3. The average Bonchev–Trinajstić information content (AvgIpc) is 2.15. The van der Waals surface area contributed by atoms with Gasteiger partial charge in [-0.1, -0.05) is 13.8 Å². The Labute approximate surface area is 61.2 Å². The van der Waals surface area contributed by atoms with Crippen LogP contribution >= 0.6 is 11.8 Å². The second kappa shape index (κ2) is 3.47. The zero-order chi connectivity index (χ0) is 6.69. The topological polar surface area (TPSA) is 9.23 Å². The van der Waals surface area contributed by atoms with Gasteiger partial charge in [-0.3, -0.25) is 0 Å². The van der Waals surface area contributed by atoms with Gasteiger partial charge < -0.3 is 4.74 Å². The maximum absolute atomic E-state index is 5.43. The Bertz CT molecular complexity index is 77.0. The maximum atomic E-state index is 5.43. The summed E-state index contributed by atoms with van der Waals surface area (Å²) < 4.78 is 5.43. The van der Waals surface area contributed by atoms with Gasteiger partial charge in [0.15, 0.2) is 0 Å². The quantitative estimate of drug-likeness (QED) is 0.590. The SMILES string of the molecule is CC(C)CC1OCCS1. The van der Waals surface area contributed by atoms with E-state index in [-0.39, 0.29) is 0 Å². The molecule has 1 atom stereocenters. The normalized spacial score (nSPS) is 27.7. The molecule has 0 aliphatic carbocycles. The third-order valence-electron chi connectivity index (χ3n) is 1.35. The van der Waals surface area contributed by atoms with Crippen molar-refractivity contribution in [1.29, 1.82) is 0 Å². The summed E-state index contributed by atoms with van der Waals surface area (Å²) in [6.45, 7) is 5.44. The molecule has 0 aromatic heterocycles. The van der Waals surface area contributed by atoms with E-state index in [0.29, 0.717) is 5.44 Å². The highest BCUT2D eigenvalue weighted by atomic mass is 32.2. The van der Waals surface area contributed by atoms with E-state index >= 15 is 0 Å². The molecule has 0 aromatic rings. The van der Waals surface area contributed by atoms with E-state index in [2.05, 4.69) is 13.8 Å². The summed E-state index contributed by atoms with van der Waals surface area (Å²) in [5, 5.41) is 0. The van der Waals surface area contributed by atoms with Crippen molar-refractivity contribution < 1.29 is 4.74 Å². The van der Waals surface area contributed by atoms with E-state index < -0.39 is 0 Å². The summed E-state index contributed by atoms with van der Waals surface area (Å²) in [4.78, 5) is 0. The van der Waals surface area contributed by atoms with Crippen molar-refractivity contribution in [3.8, 4) is 0 Å². The minimum absolute atomic E-state index is 0.505. The molecule has 0 spiro atoms. The Morgan fingerprint density at radius 3 is 2.89 bits per heavy atom. The summed E-state index contributed by atoms with van der Waals surface area (Å²) in [5.41, 5.74) is 0.505. The van der Waals surface area contributed by atoms with Crippen LogP contribution in [0.2, 0.25) is 0 Å². The van der Waals surface area contributed by atoms with Crippen molar-refractivity contribution in [2.75, 3.05) is 12.4 Å². The summed E-state index contributed by atoms with van der Waals surface area (Å²) in [7, 11) is 0. The van der Waals surface area contributed by atoms with Crippen LogP contribution in [-0.2, 0) is 4.74 Å². The molecule has 9 heavy (non-hydrogen) atoms. The lowest BCUT2D eigenvalue weighted by molar-refractivity contribution is 0.127. The van der Waals surface area contributed by atoms with Crippen LogP contribution in [0.1, 0.15) is 20.3 Å². The first-order chi connectivity index (χ1) is 4.29. The molecule has 0 amide bonds. The van der Waals surface area contributed by atoms with Gasteiger partial charge >= 0.3 is 0 Å². The van der Waals surface area contributed by atoms with Crippen molar-refractivity contribution in [3.63, 3.8) is 0 Å². The Morgan fingerprint density at radius 1 is 1.67 bits per heavy atom. The number of ether oxygens (including phenoxy) is 1. The Kier molecular flexibility index (Phi) is 2.86. The van der Waals surface area contributed by atoms with Gasteiger partial charge in [0.05, 0.1) is 6.61 Å². The van der Waals surface area contributed by atoms with E-state index in [1.807, 2.05) is 11.8 Å². The zero-order valence-corrected chi connectivity index (χ0v) is 6.91. The number of rotatable bonds is 2. The molecular formula is C7H14OS. The Hall–Kier alpha value is 0.310.